The molecule has 2 N–H and O–H groups in total. The third-order valence-corrected chi connectivity index (χ3v) is 4.71. The largest absolute Gasteiger partial charge is 0.495 e. The lowest BCUT2D eigenvalue weighted by molar-refractivity contribution is 0.415. The average Bonchev–Trinajstić information content (AvgIpc) is 3.32. The fourth-order valence-electron chi connectivity index (χ4n) is 3.15. The minimum absolute atomic E-state index is 0.313. The monoisotopic (exact) mass is 376 g/mol. The zero-order valence-electron chi connectivity index (χ0n) is 15.2. The van der Waals surface area contributed by atoms with E-state index in [0.29, 0.717) is 11.1 Å². The molecule has 1 aromatic carbocycles. The summed E-state index contributed by atoms with van der Waals surface area (Å²) in [5.74, 6) is 2.62. The van der Waals surface area contributed by atoms with Crippen LogP contribution >= 0.6 is 11.6 Å². The van der Waals surface area contributed by atoms with Crippen LogP contribution in [-0.2, 0) is 6.42 Å². The predicted octanol–water partition coefficient (Wildman–Crippen LogP) is 2.93. The van der Waals surface area contributed by atoms with E-state index in [1.54, 1.807) is 20.4 Å². The first-order chi connectivity index (χ1) is 12.7. The molecular weight excluding hydrogens is 352 g/mol. The molecule has 1 aliphatic heterocycles. The summed E-state index contributed by atoms with van der Waals surface area (Å²) in [6.07, 6.45) is 3.54. The fourth-order valence-corrected chi connectivity index (χ4v) is 3.32. The van der Waals surface area contributed by atoms with Gasteiger partial charge in [0.05, 0.1) is 19.1 Å². The van der Waals surface area contributed by atoms with E-state index in [1.165, 1.54) is 0 Å². The quantitative estimate of drug-likeness (QED) is 0.599. The molecule has 26 heavy (non-hydrogen) atoms. The van der Waals surface area contributed by atoms with Gasteiger partial charge in [-0.1, -0.05) is 11.6 Å². The lowest BCUT2D eigenvalue weighted by Gasteiger charge is -2.22. The van der Waals surface area contributed by atoms with Gasteiger partial charge >= 0.3 is 0 Å². The summed E-state index contributed by atoms with van der Waals surface area (Å²) >= 11 is 6.16. The number of guanidine groups is 1. The van der Waals surface area contributed by atoms with Crippen molar-refractivity contribution in [2.45, 2.75) is 18.9 Å². The third-order valence-electron chi connectivity index (χ3n) is 4.48. The van der Waals surface area contributed by atoms with Crippen LogP contribution in [0.1, 0.15) is 12.2 Å². The molecule has 7 heteroatoms. The summed E-state index contributed by atoms with van der Waals surface area (Å²) in [7, 11) is 3.47. The van der Waals surface area contributed by atoms with Gasteiger partial charge in [-0.25, -0.2) is 0 Å². The van der Waals surface area contributed by atoms with Crippen molar-refractivity contribution in [3.05, 3.63) is 47.4 Å². The number of nitrogens with one attached hydrogen (secondary N) is 2. The minimum atomic E-state index is 0.313. The molecule has 6 nitrogen and oxygen atoms in total. The second-order valence-electron chi connectivity index (χ2n) is 6.22. The maximum absolute atomic E-state index is 6.16. The van der Waals surface area contributed by atoms with Crippen molar-refractivity contribution in [3.8, 4) is 5.75 Å². The Bertz CT molecular complexity index is 733. The van der Waals surface area contributed by atoms with Crippen molar-refractivity contribution in [1.82, 2.24) is 10.6 Å². The van der Waals surface area contributed by atoms with E-state index in [1.807, 2.05) is 30.3 Å². The van der Waals surface area contributed by atoms with Crippen LogP contribution in [0.25, 0.3) is 0 Å². The molecule has 0 radical (unpaired) electrons. The Morgan fingerprint density at radius 3 is 3.04 bits per heavy atom. The highest BCUT2D eigenvalue weighted by atomic mass is 35.5. The summed E-state index contributed by atoms with van der Waals surface area (Å²) in [6.45, 7) is 2.58. The Balaban J connectivity index is 1.52. The number of hydrogen-bond acceptors (Lipinski definition) is 4. The summed E-state index contributed by atoms with van der Waals surface area (Å²) in [4.78, 5) is 6.61. The molecule has 0 bridgehead atoms. The van der Waals surface area contributed by atoms with Gasteiger partial charge in [0.1, 0.15) is 11.5 Å². The predicted molar refractivity (Wildman–Crippen MR) is 106 cm³/mol. The number of methoxy groups -OCH3 is 1. The number of hydrogen-bond donors (Lipinski definition) is 2. The summed E-state index contributed by atoms with van der Waals surface area (Å²) in [6, 6.07) is 9.91. The topological polar surface area (TPSA) is 62.0 Å². The molecule has 1 aromatic heterocycles. The highest BCUT2D eigenvalue weighted by molar-refractivity contribution is 6.30. The molecule has 2 heterocycles. The molecule has 1 unspecified atom stereocenters. The van der Waals surface area contributed by atoms with Gasteiger partial charge in [-0.05, 0) is 36.8 Å². The number of ether oxygens (including phenoxy) is 1. The molecule has 0 spiro atoms. The number of aliphatic imine (C=N–C) groups is 1. The van der Waals surface area contributed by atoms with Crippen LogP contribution in [0.5, 0.6) is 5.75 Å². The molecule has 1 atom stereocenters. The molecule has 0 saturated carbocycles. The summed E-state index contributed by atoms with van der Waals surface area (Å²) in [5.41, 5.74) is 1.03. The van der Waals surface area contributed by atoms with Gasteiger partial charge < -0.3 is 24.7 Å². The number of halogens is 1. The summed E-state index contributed by atoms with van der Waals surface area (Å²) < 4.78 is 10.8. The van der Waals surface area contributed by atoms with Gasteiger partial charge in [0.15, 0.2) is 5.96 Å². The Morgan fingerprint density at radius 1 is 1.42 bits per heavy atom. The van der Waals surface area contributed by atoms with E-state index in [2.05, 4.69) is 20.5 Å². The van der Waals surface area contributed by atoms with Crippen LogP contribution in [0.2, 0.25) is 5.02 Å². The van der Waals surface area contributed by atoms with Crippen molar-refractivity contribution in [2.75, 3.05) is 38.7 Å². The molecule has 0 aliphatic carbocycles. The zero-order valence-corrected chi connectivity index (χ0v) is 15.9. The van der Waals surface area contributed by atoms with Crippen molar-refractivity contribution >= 4 is 23.2 Å². The second-order valence-corrected chi connectivity index (χ2v) is 6.66. The smallest absolute Gasteiger partial charge is 0.191 e. The molecule has 2 aromatic rings. The van der Waals surface area contributed by atoms with E-state index in [0.717, 1.165) is 55.6 Å². The Morgan fingerprint density at radius 2 is 2.31 bits per heavy atom. The van der Waals surface area contributed by atoms with E-state index in [-0.39, 0.29) is 0 Å². The molecule has 1 saturated heterocycles. The van der Waals surface area contributed by atoms with Crippen molar-refractivity contribution in [1.29, 1.82) is 0 Å². The Labute approximate surface area is 159 Å². The first-order valence-corrected chi connectivity index (χ1v) is 9.15. The van der Waals surface area contributed by atoms with E-state index in [9.17, 15) is 0 Å². The Kier molecular flexibility index (Phi) is 6.28. The van der Waals surface area contributed by atoms with Crippen LogP contribution in [0.4, 0.5) is 5.69 Å². The number of benzene rings is 1. The SMILES string of the molecule is CN=C(NCCc1ccco1)NC1CCN(c2cc(Cl)ccc2OC)C1. The number of rotatable bonds is 6. The first kappa shape index (κ1) is 18.5. The van der Waals surface area contributed by atoms with E-state index < -0.39 is 0 Å². The maximum atomic E-state index is 6.16. The molecule has 0 amide bonds. The highest BCUT2D eigenvalue weighted by Gasteiger charge is 2.25. The molecule has 3 rings (SSSR count). The van der Waals surface area contributed by atoms with E-state index >= 15 is 0 Å². The van der Waals surface area contributed by atoms with Gasteiger partial charge in [0, 0.05) is 44.2 Å². The van der Waals surface area contributed by atoms with E-state index in [4.69, 9.17) is 20.8 Å². The fraction of sp³-hybridized carbons (Fsp3) is 0.421. The number of furan rings is 1. The molecule has 1 fully saturated rings. The van der Waals surface area contributed by atoms with Gasteiger partial charge in [0.2, 0.25) is 0 Å². The van der Waals surface area contributed by atoms with Gasteiger partial charge in [-0.15, -0.1) is 0 Å². The van der Waals surface area contributed by atoms with Crippen LogP contribution in [0, 0.1) is 0 Å². The van der Waals surface area contributed by atoms with Crippen molar-refractivity contribution in [3.63, 3.8) is 0 Å². The Hall–Kier alpha value is -2.34. The van der Waals surface area contributed by atoms with Gasteiger partial charge in [-0.3, -0.25) is 4.99 Å². The van der Waals surface area contributed by atoms with Crippen LogP contribution in [-0.4, -0.2) is 45.8 Å². The van der Waals surface area contributed by atoms with Crippen molar-refractivity contribution in [2.24, 2.45) is 4.99 Å². The highest BCUT2D eigenvalue weighted by Crippen LogP contribution is 2.33. The van der Waals surface area contributed by atoms with Crippen LogP contribution < -0.4 is 20.3 Å². The maximum Gasteiger partial charge on any atom is 0.191 e. The minimum Gasteiger partial charge on any atom is -0.495 e. The molecule has 140 valence electrons. The average molecular weight is 377 g/mol. The lowest BCUT2D eigenvalue weighted by atomic mass is 10.2. The summed E-state index contributed by atoms with van der Waals surface area (Å²) in [5, 5.41) is 7.54. The number of nitrogens with zero attached hydrogens (tertiary/aromatic N) is 2. The first-order valence-electron chi connectivity index (χ1n) is 8.77. The van der Waals surface area contributed by atoms with Crippen molar-refractivity contribution < 1.29 is 9.15 Å². The van der Waals surface area contributed by atoms with Gasteiger partial charge in [-0.2, -0.15) is 0 Å². The zero-order chi connectivity index (χ0) is 18.4. The van der Waals surface area contributed by atoms with Crippen LogP contribution in [0.15, 0.2) is 46.0 Å². The second kappa shape index (κ2) is 8.85. The van der Waals surface area contributed by atoms with Gasteiger partial charge in [0.25, 0.3) is 0 Å². The molecule has 1 aliphatic rings. The molecular formula is C19H25ClN4O2. The lowest BCUT2D eigenvalue weighted by Crippen LogP contribution is -2.45. The standard InChI is InChI=1S/C19H25ClN4O2/c1-21-19(22-9-7-16-4-3-11-26-16)23-15-8-10-24(13-15)17-12-14(20)5-6-18(17)25-2/h3-6,11-12,15H,7-10,13H2,1-2H3,(H2,21,22,23). The normalized spacial score (nSPS) is 17.4. The third kappa shape index (κ3) is 4.64. The van der Waals surface area contributed by atoms with Crippen LogP contribution in [0.3, 0.4) is 0 Å². The number of anilines is 1.